The Morgan fingerprint density at radius 2 is 1.77 bits per heavy atom. The number of carbonyl (C=O) groups excluding carboxylic acids is 4. The summed E-state index contributed by atoms with van der Waals surface area (Å²) in [6.45, 7) is 4.28. The average Bonchev–Trinajstić information content (AvgIpc) is 3.49. The molecule has 3 N–H and O–H groups in total. The van der Waals surface area contributed by atoms with Crippen LogP contribution >= 0.6 is 11.6 Å². The first-order valence-corrected chi connectivity index (χ1v) is 15.9. The topological polar surface area (TPSA) is 139 Å². The second-order valence-corrected chi connectivity index (χ2v) is 12.2. The van der Waals surface area contributed by atoms with Crippen LogP contribution in [-0.4, -0.2) is 92.4 Å². The summed E-state index contributed by atoms with van der Waals surface area (Å²) in [5, 5.41) is 8.77. The summed E-state index contributed by atoms with van der Waals surface area (Å²) < 4.78 is 16.4. The number of ether oxygens (including phenoxy) is 3. The van der Waals surface area contributed by atoms with E-state index in [2.05, 4.69) is 20.9 Å². The number of morpholine rings is 1. The molecule has 0 bridgehead atoms. The van der Waals surface area contributed by atoms with E-state index in [4.69, 9.17) is 25.8 Å². The summed E-state index contributed by atoms with van der Waals surface area (Å²) in [4.78, 5) is 56.0. The normalized spacial score (nSPS) is 19.7. The minimum atomic E-state index is -1.05. The standard InChI is InChI=1S/C34H36ClN5O7/c35-25-8-11-28-27(21-25)34(47-33(44)38-28)12-13-40(22-34)31(42)29(20-23-4-2-1-3-5-23)37-30(41)24-6-9-26(10-7-24)36-32(43)46-19-16-39-14-17-45-18-15-39/h1-11,21,29H,12-20,22H2,(H,36,43)(H,37,41)(H,38,44)/t29-,34?/m0/s1. The van der Waals surface area contributed by atoms with Crippen molar-refractivity contribution in [3.63, 3.8) is 0 Å². The van der Waals surface area contributed by atoms with Crippen molar-refractivity contribution in [1.29, 1.82) is 0 Å². The molecule has 13 heteroatoms. The number of nitrogens with zero attached hydrogens (tertiary/aromatic N) is 2. The number of carbonyl (C=O) groups is 4. The van der Waals surface area contributed by atoms with Crippen LogP contribution in [0.4, 0.5) is 21.0 Å². The Balaban J connectivity index is 1.10. The molecule has 3 aromatic carbocycles. The van der Waals surface area contributed by atoms with Crippen LogP contribution in [0, 0.1) is 0 Å². The van der Waals surface area contributed by atoms with Gasteiger partial charge in [0.05, 0.1) is 25.4 Å². The van der Waals surface area contributed by atoms with Gasteiger partial charge < -0.3 is 24.4 Å². The van der Waals surface area contributed by atoms with Crippen molar-refractivity contribution in [2.45, 2.75) is 24.5 Å². The Bertz CT molecular complexity index is 1620. The molecule has 1 spiro atoms. The van der Waals surface area contributed by atoms with Crippen molar-refractivity contribution in [2.75, 3.05) is 63.2 Å². The fraction of sp³-hybridized carbons (Fsp3) is 0.353. The van der Waals surface area contributed by atoms with Gasteiger partial charge in [0, 0.05) is 60.9 Å². The molecule has 3 aliphatic heterocycles. The Labute approximate surface area is 277 Å². The number of rotatable bonds is 9. The van der Waals surface area contributed by atoms with E-state index in [1.165, 1.54) is 0 Å². The maximum atomic E-state index is 14.0. The van der Waals surface area contributed by atoms with Gasteiger partial charge in [-0.05, 0) is 48.0 Å². The Hall–Kier alpha value is -4.65. The molecular weight excluding hydrogens is 626 g/mol. The Morgan fingerprint density at radius 1 is 1.00 bits per heavy atom. The molecule has 0 saturated carbocycles. The maximum Gasteiger partial charge on any atom is 0.412 e. The summed E-state index contributed by atoms with van der Waals surface area (Å²) in [5.74, 6) is -0.742. The highest BCUT2D eigenvalue weighted by Gasteiger charge is 2.49. The van der Waals surface area contributed by atoms with Crippen LogP contribution < -0.4 is 16.0 Å². The molecule has 0 radical (unpaired) electrons. The minimum absolute atomic E-state index is 0.122. The monoisotopic (exact) mass is 661 g/mol. The number of hydrogen-bond donors (Lipinski definition) is 3. The molecule has 3 heterocycles. The smallest absolute Gasteiger partial charge is 0.412 e. The number of benzene rings is 3. The van der Waals surface area contributed by atoms with E-state index in [9.17, 15) is 19.2 Å². The summed E-state index contributed by atoms with van der Waals surface area (Å²) in [6.07, 6.45) is -0.538. The van der Waals surface area contributed by atoms with Crippen molar-refractivity contribution < 1.29 is 33.4 Å². The minimum Gasteiger partial charge on any atom is -0.448 e. The summed E-state index contributed by atoms with van der Waals surface area (Å²) >= 11 is 6.28. The molecule has 2 saturated heterocycles. The zero-order chi connectivity index (χ0) is 32.8. The van der Waals surface area contributed by atoms with Gasteiger partial charge in [-0.1, -0.05) is 41.9 Å². The number of halogens is 1. The second-order valence-electron chi connectivity index (χ2n) is 11.7. The van der Waals surface area contributed by atoms with Crippen molar-refractivity contribution in [3.8, 4) is 0 Å². The van der Waals surface area contributed by atoms with E-state index < -0.39 is 29.7 Å². The number of fused-ring (bicyclic) bond motifs is 2. The van der Waals surface area contributed by atoms with E-state index in [0.29, 0.717) is 60.2 Å². The third-order valence-electron chi connectivity index (χ3n) is 8.56. The first-order chi connectivity index (χ1) is 22.8. The first-order valence-electron chi connectivity index (χ1n) is 15.6. The fourth-order valence-electron chi connectivity index (χ4n) is 6.11. The van der Waals surface area contributed by atoms with Crippen LogP contribution in [0.25, 0.3) is 0 Å². The molecule has 0 aliphatic carbocycles. The quantitative estimate of drug-likeness (QED) is 0.310. The second kappa shape index (κ2) is 14.4. The molecule has 4 amide bonds. The maximum absolute atomic E-state index is 14.0. The average molecular weight is 662 g/mol. The SMILES string of the molecule is O=C(Nc1ccc(C(=O)N[C@@H](Cc2ccccc2)C(=O)N2CCC3(C2)OC(=O)Nc2ccc(Cl)cc23)cc1)OCCN1CCOCC1. The number of nitrogens with one attached hydrogen (secondary N) is 3. The zero-order valence-corrected chi connectivity index (χ0v) is 26.5. The van der Waals surface area contributed by atoms with E-state index >= 15 is 0 Å². The fourth-order valence-corrected chi connectivity index (χ4v) is 6.28. The highest BCUT2D eigenvalue weighted by molar-refractivity contribution is 6.30. The van der Waals surface area contributed by atoms with Crippen LogP contribution in [0.15, 0.2) is 72.8 Å². The van der Waals surface area contributed by atoms with Gasteiger partial charge in [0.1, 0.15) is 12.6 Å². The predicted molar refractivity (Wildman–Crippen MR) is 175 cm³/mol. The van der Waals surface area contributed by atoms with Crippen LogP contribution in [0.1, 0.15) is 27.9 Å². The molecule has 12 nitrogen and oxygen atoms in total. The first kappa shape index (κ1) is 32.3. The van der Waals surface area contributed by atoms with E-state index in [1.54, 1.807) is 47.4 Å². The lowest BCUT2D eigenvalue weighted by atomic mass is 9.90. The van der Waals surface area contributed by atoms with Gasteiger partial charge in [-0.2, -0.15) is 0 Å². The zero-order valence-electron chi connectivity index (χ0n) is 25.7. The highest BCUT2D eigenvalue weighted by Crippen LogP contribution is 2.44. The van der Waals surface area contributed by atoms with Crippen molar-refractivity contribution in [1.82, 2.24) is 15.1 Å². The third kappa shape index (κ3) is 7.84. The van der Waals surface area contributed by atoms with E-state index in [0.717, 1.165) is 18.7 Å². The predicted octanol–water partition coefficient (Wildman–Crippen LogP) is 4.25. The van der Waals surface area contributed by atoms with E-state index in [1.807, 2.05) is 30.3 Å². The molecule has 2 atom stereocenters. The Morgan fingerprint density at radius 3 is 2.53 bits per heavy atom. The lowest BCUT2D eigenvalue weighted by molar-refractivity contribution is -0.133. The van der Waals surface area contributed by atoms with Gasteiger partial charge in [0.25, 0.3) is 5.91 Å². The highest BCUT2D eigenvalue weighted by atomic mass is 35.5. The van der Waals surface area contributed by atoms with Crippen LogP contribution in [0.3, 0.4) is 0 Å². The molecule has 1 unspecified atom stereocenters. The van der Waals surface area contributed by atoms with Gasteiger partial charge in [-0.3, -0.25) is 25.1 Å². The molecule has 3 aliphatic rings. The molecule has 6 rings (SSSR count). The molecular formula is C34H36ClN5O7. The molecule has 2 fully saturated rings. The van der Waals surface area contributed by atoms with Crippen molar-refractivity contribution >= 4 is 47.0 Å². The molecule has 47 heavy (non-hydrogen) atoms. The van der Waals surface area contributed by atoms with Crippen molar-refractivity contribution in [3.05, 3.63) is 94.5 Å². The molecule has 3 aromatic rings. The van der Waals surface area contributed by atoms with Crippen LogP contribution in [0.2, 0.25) is 5.02 Å². The lowest BCUT2D eigenvalue weighted by Crippen LogP contribution is -2.50. The van der Waals surface area contributed by atoms with Crippen LogP contribution in [-0.2, 0) is 31.0 Å². The summed E-state index contributed by atoms with van der Waals surface area (Å²) in [6, 6.07) is 20.0. The van der Waals surface area contributed by atoms with Gasteiger partial charge in [0.2, 0.25) is 5.91 Å². The Kier molecular flexibility index (Phi) is 9.90. The number of hydrogen-bond acceptors (Lipinski definition) is 8. The van der Waals surface area contributed by atoms with E-state index in [-0.39, 0.29) is 25.5 Å². The number of likely N-dealkylation sites (tertiary alicyclic amines) is 1. The largest absolute Gasteiger partial charge is 0.448 e. The number of anilines is 2. The van der Waals surface area contributed by atoms with Gasteiger partial charge in [-0.25, -0.2) is 9.59 Å². The van der Waals surface area contributed by atoms with Gasteiger partial charge in [0.15, 0.2) is 5.60 Å². The van der Waals surface area contributed by atoms with Gasteiger partial charge >= 0.3 is 12.2 Å². The molecule has 246 valence electrons. The number of amides is 4. The molecule has 0 aromatic heterocycles. The lowest BCUT2D eigenvalue weighted by Gasteiger charge is -2.35. The van der Waals surface area contributed by atoms with Crippen LogP contribution in [0.5, 0.6) is 0 Å². The van der Waals surface area contributed by atoms with Gasteiger partial charge in [-0.15, -0.1) is 0 Å². The summed E-state index contributed by atoms with van der Waals surface area (Å²) in [5.41, 5.74) is 1.90. The third-order valence-corrected chi connectivity index (χ3v) is 8.80. The van der Waals surface area contributed by atoms with Crippen molar-refractivity contribution in [2.24, 2.45) is 0 Å². The summed E-state index contributed by atoms with van der Waals surface area (Å²) in [7, 11) is 0.